The maximum absolute atomic E-state index is 13.0. The average molecular weight is 594 g/mol. The highest BCUT2D eigenvalue weighted by atomic mass is 79.9. The van der Waals surface area contributed by atoms with Crippen molar-refractivity contribution in [1.82, 2.24) is 14.1 Å². The number of carboxylic acids is 1. The lowest BCUT2D eigenvalue weighted by molar-refractivity contribution is -0.142. The van der Waals surface area contributed by atoms with Crippen LogP contribution in [0, 0.1) is 0 Å². The van der Waals surface area contributed by atoms with Gasteiger partial charge in [-0.05, 0) is 52.7 Å². The largest absolute Gasteiger partial charge is 0.496 e. The van der Waals surface area contributed by atoms with E-state index in [1.807, 2.05) is 0 Å². The molecule has 196 valence electrons. The number of piperazine rings is 1. The fourth-order valence-electron chi connectivity index (χ4n) is 4.41. The van der Waals surface area contributed by atoms with E-state index < -0.39 is 33.8 Å². The smallest absolute Gasteiger partial charge is 0.326 e. The Kier molecular flexibility index (Phi) is 7.67. The maximum atomic E-state index is 13.0. The number of halogens is 1. The third-order valence-corrected chi connectivity index (χ3v) is 8.92. The van der Waals surface area contributed by atoms with Gasteiger partial charge in [0.25, 0.3) is 11.8 Å². The number of methoxy groups -OCH3 is 1. The lowest BCUT2D eigenvalue weighted by atomic mass is 10.1. The van der Waals surface area contributed by atoms with Crippen molar-refractivity contribution in [3.05, 3.63) is 58.1 Å². The zero-order valence-corrected chi connectivity index (χ0v) is 22.2. The summed E-state index contributed by atoms with van der Waals surface area (Å²) in [6.07, 6.45) is -0.472. The van der Waals surface area contributed by atoms with Crippen LogP contribution in [-0.2, 0) is 19.6 Å². The molecule has 2 aromatic rings. The lowest BCUT2D eigenvalue weighted by Gasteiger charge is -2.34. The van der Waals surface area contributed by atoms with Crippen molar-refractivity contribution in [3.8, 4) is 5.75 Å². The number of carbonyl (C=O) groups excluding carboxylic acids is 3. The van der Waals surface area contributed by atoms with Crippen LogP contribution in [0.2, 0.25) is 0 Å². The van der Waals surface area contributed by atoms with Crippen molar-refractivity contribution in [2.24, 2.45) is 0 Å². The van der Waals surface area contributed by atoms with Gasteiger partial charge in [-0.25, -0.2) is 13.2 Å². The van der Waals surface area contributed by atoms with Crippen LogP contribution in [0.15, 0.2) is 51.8 Å². The van der Waals surface area contributed by atoms with Crippen LogP contribution in [0.4, 0.5) is 0 Å². The quantitative estimate of drug-likeness (QED) is 0.457. The van der Waals surface area contributed by atoms with Crippen molar-refractivity contribution in [2.75, 3.05) is 33.3 Å². The number of amides is 3. The minimum Gasteiger partial charge on any atom is -0.496 e. The fourth-order valence-corrected chi connectivity index (χ4v) is 6.55. The summed E-state index contributed by atoms with van der Waals surface area (Å²) in [4.78, 5) is 52.3. The third kappa shape index (κ3) is 5.11. The highest BCUT2D eigenvalue weighted by Gasteiger charge is 2.43. The zero-order valence-electron chi connectivity index (χ0n) is 19.8. The zero-order chi connectivity index (χ0) is 26.9. The number of aliphatic carboxylic acids is 1. The molecular weight excluding hydrogens is 570 g/mol. The average Bonchev–Trinajstić information content (AvgIpc) is 3.14. The van der Waals surface area contributed by atoms with Crippen LogP contribution >= 0.6 is 15.9 Å². The van der Waals surface area contributed by atoms with E-state index in [0.29, 0.717) is 15.1 Å². The Bertz CT molecular complexity index is 1340. The third-order valence-electron chi connectivity index (χ3n) is 6.41. The molecule has 0 radical (unpaired) electrons. The first-order valence-corrected chi connectivity index (χ1v) is 13.6. The Labute approximate surface area is 221 Å². The van der Waals surface area contributed by atoms with E-state index in [2.05, 4.69) is 15.9 Å². The number of imide groups is 1. The Hall–Kier alpha value is -3.29. The van der Waals surface area contributed by atoms with Crippen LogP contribution < -0.4 is 4.74 Å². The molecule has 1 fully saturated rings. The number of sulfonamides is 1. The molecule has 4 rings (SSSR count). The standard InChI is InChI=1S/C24H24BrN3O8S/c1-36-20-8-6-15(14-18(20)25)37(34,35)27-12-10-26(11-13-27)21(29)9-7-19(24(32)33)28-22(30)16-4-2-3-5-17(16)23(28)31/h2-6,8,14,19H,7,9-13H2,1H3,(H,32,33)/t19-/m0/s1. The van der Waals surface area contributed by atoms with Crippen LogP contribution in [0.5, 0.6) is 5.75 Å². The summed E-state index contributed by atoms with van der Waals surface area (Å²) >= 11 is 3.28. The van der Waals surface area contributed by atoms with Gasteiger partial charge in [0.1, 0.15) is 11.8 Å². The van der Waals surface area contributed by atoms with E-state index in [1.165, 1.54) is 40.6 Å². The second-order valence-electron chi connectivity index (χ2n) is 8.50. The van der Waals surface area contributed by atoms with Crippen molar-refractivity contribution in [3.63, 3.8) is 0 Å². The van der Waals surface area contributed by atoms with Gasteiger partial charge in [0.05, 0.1) is 27.6 Å². The molecule has 11 nitrogen and oxygen atoms in total. The van der Waals surface area contributed by atoms with Crippen molar-refractivity contribution < 1.29 is 37.4 Å². The topological polar surface area (TPSA) is 142 Å². The molecule has 1 atom stereocenters. The molecule has 2 aliphatic rings. The van der Waals surface area contributed by atoms with E-state index in [1.54, 1.807) is 18.2 Å². The molecule has 2 heterocycles. The molecule has 0 saturated carbocycles. The van der Waals surface area contributed by atoms with Crippen LogP contribution in [0.25, 0.3) is 0 Å². The molecular formula is C24H24BrN3O8S. The van der Waals surface area contributed by atoms with Gasteiger partial charge in [0.15, 0.2) is 0 Å². The van der Waals surface area contributed by atoms with Crippen molar-refractivity contribution in [1.29, 1.82) is 0 Å². The van der Waals surface area contributed by atoms with Crippen molar-refractivity contribution >= 4 is 49.6 Å². The van der Waals surface area contributed by atoms with Gasteiger partial charge in [-0.1, -0.05) is 12.1 Å². The van der Waals surface area contributed by atoms with Crippen molar-refractivity contribution in [2.45, 2.75) is 23.8 Å². The second-order valence-corrected chi connectivity index (χ2v) is 11.3. The number of carboxylic acid groups (broad SMARTS) is 1. The summed E-state index contributed by atoms with van der Waals surface area (Å²) in [5.41, 5.74) is 0.262. The van der Waals surface area contributed by atoms with Gasteiger partial charge in [-0.15, -0.1) is 0 Å². The molecule has 2 aromatic carbocycles. The Morgan fingerprint density at radius 1 is 1.03 bits per heavy atom. The second kappa shape index (κ2) is 10.6. The summed E-state index contributed by atoms with van der Waals surface area (Å²) in [6, 6.07) is 9.03. The molecule has 1 N–H and O–H groups in total. The molecule has 2 aliphatic heterocycles. The number of hydrogen-bond acceptors (Lipinski definition) is 7. The van der Waals surface area contributed by atoms with Crippen LogP contribution in [0.1, 0.15) is 33.6 Å². The minimum atomic E-state index is -3.79. The highest BCUT2D eigenvalue weighted by molar-refractivity contribution is 9.10. The van der Waals surface area contributed by atoms with Crippen LogP contribution in [-0.4, -0.2) is 90.7 Å². The van der Waals surface area contributed by atoms with E-state index in [0.717, 1.165) is 0 Å². The predicted octanol–water partition coefficient (Wildman–Crippen LogP) is 1.82. The molecule has 0 spiro atoms. The Morgan fingerprint density at radius 3 is 2.14 bits per heavy atom. The normalized spacial score (nSPS) is 17.0. The van der Waals surface area contributed by atoms with Gasteiger partial charge in [0, 0.05) is 32.6 Å². The summed E-state index contributed by atoms with van der Waals surface area (Å²) in [7, 11) is -2.32. The highest BCUT2D eigenvalue weighted by Crippen LogP contribution is 2.30. The summed E-state index contributed by atoms with van der Waals surface area (Å²) in [6.45, 7) is 0.386. The molecule has 0 unspecified atom stereocenters. The van der Waals surface area contributed by atoms with Gasteiger partial charge < -0.3 is 14.7 Å². The molecule has 0 bridgehead atoms. The van der Waals surface area contributed by atoms with Gasteiger partial charge >= 0.3 is 5.97 Å². The van der Waals surface area contributed by atoms with E-state index in [-0.39, 0.29) is 61.0 Å². The Morgan fingerprint density at radius 2 is 1.62 bits per heavy atom. The molecule has 0 aliphatic carbocycles. The lowest BCUT2D eigenvalue weighted by Crippen LogP contribution is -2.51. The van der Waals surface area contributed by atoms with Gasteiger partial charge in [-0.2, -0.15) is 4.31 Å². The van der Waals surface area contributed by atoms with Crippen LogP contribution in [0.3, 0.4) is 0 Å². The predicted molar refractivity (Wildman–Crippen MR) is 134 cm³/mol. The first kappa shape index (κ1) is 26.8. The number of nitrogens with zero attached hydrogens (tertiary/aromatic N) is 3. The number of rotatable bonds is 8. The summed E-state index contributed by atoms with van der Waals surface area (Å²) in [5, 5.41) is 9.70. The fraction of sp³-hybridized carbons (Fsp3) is 0.333. The summed E-state index contributed by atoms with van der Waals surface area (Å²) < 4.78 is 33.0. The molecule has 3 amide bonds. The first-order chi connectivity index (χ1) is 17.6. The first-order valence-electron chi connectivity index (χ1n) is 11.4. The summed E-state index contributed by atoms with van der Waals surface area (Å²) in [5.74, 6) is -2.68. The van der Waals surface area contributed by atoms with Gasteiger partial charge in [0.2, 0.25) is 15.9 Å². The SMILES string of the molecule is COc1ccc(S(=O)(=O)N2CCN(C(=O)CC[C@@H](C(=O)O)N3C(=O)c4ccccc4C3=O)CC2)cc1Br. The Balaban J connectivity index is 1.37. The number of benzene rings is 2. The van der Waals surface area contributed by atoms with E-state index in [9.17, 15) is 32.7 Å². The number of ether oxygens (including phenoxy) is 1. The number of carbonyl (C=O) groups is 4. The monoisotopic (exact) mass is 593 g/mol. The number of hydrogen-bond donors (Lipinski definition) is 1. The van der Waals surface area contributed by atoms with Gasteiger partial charge in [-0.3, -0.25) is 19.3 Å². The molecule has 37 heavy (non-hydrogen) atoms. The minimum absolute atomic E-state index is 0.0679. The number of fused-ring (bicyclic) bond motifs is 1. The van der Waals surface area contributed by atoms with E-state index >= 15 is 0 Å². The molecule has 1 saturated heterocycles. The van der Waals surface area contributed by atoms with E-state index in [4.69, 9.17) is 4.74 Å². The molecule has 0 aromatic heterocycles. The molecule has 13 heteroatoms. The maximum Gasteiger partial charge on any atom is 0.326 e.